The van der Waals surface area contributed by atoms with Gasteiger partial charge in [-0.3, -0.25) is 0 Å². The highest BCUT2D eigenvalue weighted by atomic mass is 79.9. The number of rotatable bonds is 4. The smallest absolute Gasteiger partial charge is 0.100 e. The summed E-state index contributed by atoms with van der Waals surface area (Å²) < 4.78 is 1.06. The summed E-state index contributed by atoms with van der Waals surface area (Å²) in [5, 5.41) is 12.3. The molecular weight excluding hydrogens is 320 g/mol. The van der Waals surface area contributed by atoms with E-state index in [1.807, 2.05) is 43.4 Å². The Morgan fingerprint density at radius 2 is 1.95 bits per heavy atom. The Labute approximate surface area is 126 Å². The molecule has 0 saturated heterocycles. The molecule has 2 nitrogen and oxygen atoms in total. The molecule has 0 heterocycles. The number of nitriles is 1. The van der Waals surface area contributed by atoms with Crippen LogP contribution in [0.2, 0.25) is 0 Å². The van der Waals surface area contributed by atoms with Crippen LogP contribution in [0.25, 0.3) is 0 Å². The van der Waals surface area contributed by atoms with Gasteiger partial charge in [0.2, 0.25) is 0 Å². The predicted octanol–water partition coefficient (Wildman–Crippen LogP) is 4.19. The minimum Gasteiger partial charge on any atom is -0.316 e. The molecule has 2 aromatic rings. The van der Waals surface area contributed by atoms with Crippen LogP contribution in [0.5, 0.6) is 0 Å². The fraction of sp³-hybridized carbons (Fsp3) is 0.133. The van der Waals surface area contributed by atoms with Gasteiger partial charge in [-0.1, -0.05) is 33.8 Å². The summed E-state index contributed by atoms with van der Waals surface area (Å²) in [6, 6.07) is 16.4. The van der Waals surface area contributed by atoms with E-state index in [4.69, 9.17) is 0 Å². The Kier molecular flexibility index (Phi) is 5.03. The second-order valence-electron chi connectivity index (χ2n) is 4.03. The van der Waals surface area contributed by atoms with Crippen molar-refractivity contribution in [1.82, 2.24) is 5.32 Å². The number of halogens is 1. The lowest BCUT2D eigenvalue weighted by Crippen LogP contribution is -2.05. The highest BCUT2D eigenvalue weighted by Gasteiger charge is 2.05. The van der Waals surface area contributed by atoms with Gasteiger partial charge in [0.25, 0.3) is 0 Å². The lowest BCUT2D eigenvalue weighted by atomic mass is 10.1. The number of hydrogen-bond acceptors (Lipinski definition) is 3. The minimum atomic E-state index is 0.723. The zero-order valence-corrected chi connectivity index (χ0v) is 12.9. The molecule has 19 heavy (non-hydrogen) atoms. The van der Waals surface area contributed by atoms with Gasteiger partial charge in [0.1, 0.15) is 6.07 Å². The predicted molar refractivity (Wildman–Crippen MR) is 82.2 cm³/mol. The third-order valence-corrected chi connectivity index (χ3v) is 4.20. The highest BCUT2D eigenvalue weighted by Crippen LogP contribution is 2.31. The van der Waals surface area contributed by atoms with Gasteiger partial charge in [0, 0.05) is 20.8 Å². The average Bonchev–Trinajstić information content (AvgIpc) is 2.43. The van der Waals surface area contributed by atoms with Gasteiger partial charge in [0.15, 0.2) is 0 Å². The number of nitrogens with zero attached hydrogens (tertiary/aromatic N) is 1. The Bertz CT molecular complexity index is 603. The third kappa shape index (κ3) is 3.84. The van der Waals surface area contributed by atoms with E-state index in [0.717, 1.165) is 31.9 Å². The molecule has 0 spiro atoms. The monoisotopic (exact) mass is 332 g/mol. The van der Waals surface area contributed by atoms with Crippen LogP contribution < -0.4 is 5.32 Å². The van der Waals surface area contributed by atoms with Crippen LogP contribution in [0.3, 0.4) is 0 Å². The minimum absolute atomic E-state index is 0.723. The first-order valence-electron chi connectivity index (χ1n) is 5.84. The SMILES string of the molecule is CNCc1ccc(Sc2ccc(Br)cc2)c(C#N)c1. The Hall–Kier alpha value is -1.28. The second-order valence-corrected chi connectivity index (χ2v) is 6.06. The summed E-state index contributed by atoms with van der Waals surface area (Å²) in [6.07, 6.45) is 0. The van der Waals surface area contributed by atoms with Crippen LogP contribution in [-0.2, 0) is 6.54 Å². The van der Waals surface area contributed by atoms with Crippen molar-refractivity contribution >= 4 is 27.7 Å². The summed E-state index contributed by atoms with van der Waals surface area (Å²) in [7, 11) is 1.90. The lowest BCUT2D eigenvalue weighted by Gasteiger charge is -2.07. The van der Waals surface area contributed by atoms with Crippen LogP contribution in [0.15, 0.2) is 56.7 Å². The Morgan fingerprint density at radius 3 is 2.58 bits per heavy atom. The van der Waals surface area contributed by atoms with Crippen LogP contribution in [0, 0.1) is 11.3 Å². The number of hydrogen-bond donors (Lipinski definition) is 1. The quantitative estimate of drug-likeness (QED) is 0.911. The van der Waals surface area contributed by atoms with E-state index in [-0.39, 0.29) is 0 Å². The first-order valence-corrected chi connectivity index (χ1v) is 7.45. The van der Waals surface area contributed by atoms with Crippen molar-refractivity contribution in [2.75, 3.05) is 7.05 Å². The summed E-state index contributed by atoms with van der Waals surface area (Å²) >= 11 is 5.03. The standard InChI is InChI=1S/C15H13BrN2S/c1-18-10-11-2-7-15(12(8-11)9-17)19-14-5-3-13(16)4-6-14/h2-8,18H,10H2,1H3. The van der Waals surface area contributed by atoms with Gasteiger partial charge in [-0.25, -0.2) is 0 Å². The van der Waals surface area contributed by atoms with Crippen molar-refractivity contribution in [3.05, 3.63) is 58.1 Å². The molecule has 0 atom stereocenters. The van der Waals surface area contributed by atoms with E-state index in [2.05, 4.69) is 33.4 Å². The molecule has 2 rings (SSSR count). The first-order chi connectivity index (χ1) is 9.22. The fourth-order valence-corrected chi connectivity index (χ4v) is 2.84. The summed E-state index contributed by atoms with van der Waals surface area (Å²) in [5.41, 5.74) is 1.85. The molecule has 0 aliphatic carbocycles. The number of benzene rings is 2. The molecule has 2 aromatic carbocycles. The molecule has 0 radical (unpaired) electrons. The summed E-state index contributed by atoms with van der Waals surface area (Å²) in [5.74, 6) is 0. The lowest BCUT2D eigenvalue weighted by molar-refractivity contribution is 0.816. The van der Waals surface area contributed by atoms with E-state index in [9.17, 15) is 5.26 Å². The van der Waals surface area contributed by atoms with E-state index in [1.54, 1.807) is 11.8 Å². The van der Waals surface area contributed by atoms with E-state index < -0.39 is 0 Å². The topological polar surface area (TPSA) is 35.8 Å². The van der Waals surface area contributed by atoms with Crippen molar-refractivity contribution in [3.63, 3.8) is 0 Å². The maximum absolute atomic E-state index is 9.24. The fourth-order valence-electron chi connectivity index (χ4n) is 1.70. The second kappa shape index (κ2) is 6.76. The molecule has 0 aliphatic heterocycles. The Balaban J connectivity index is 2.25. The molecule has 96 valence electrons. The zero-order chi connectivity index (χ0) is 13.7. The maximum atomic E-state index is 9.24. The van der Waals surface area contributed by atoms with Crippen molar-refractivity contribution in [2.24, 2.45) is 0 Å². The normalized spacial score (nSPS) is 10.2. The van der Waals surface area contributed by atoms with Crippen LogP contribution in [0.1, 0.15) is 11.1 Å². The molecular formula is C15H13BrN2S. The molecule has 0 bridgehead atoms. The molecule has 4 heteroatoms. The summed E-state index contributed by atoms with van der Waals surface area (Å²) in [6.45, 7) is 0.776. The van der Waals surface area contributed by atoms with Gasteiger partial charge in [-0.15, -0.1) is 0 Å². The van der Waals surface area contributed by atoms with Crippen molar-refractivity contribution in [1.29, 1.82) is 5.26 Å². The van der Waals surface area contributed by atoms with Crippen molar-refractivity contribution in [3.8, 4) is 6.07 Å². The molecule has 0 unspecified atom stereocenters. The van der Waals surface area contributed by atoms with Gasteiger partial charge in [-0.2, -0.15) is 5.26 Å². The van der Waals surface area contributed by atoms with E-state index >= 15 is 0 Å². The van der Waals surface area contributed by atoms with E-state index in [1.165, 1.54) is 0 Å². The van der Waals surface area contributed by atoms with E-state index in [0.29, 0.717) is 0 Å². The molecule has 0 amide bonds. The van der Waals surface area contributed by atoms with Crippen LogP contribution in [0.4, 0.5) is 0 Å². The van der Waals surface area contributed by atoms with Crippen LogP contribution in [-0.4, -0.2) is 7.05 Å². The average molecular weight is 333 g/mol. The van der Waals surface area contributed by atoms with Gasteiger partial charge >= 0.3 is 0 Å². The first kappa shape index (κ1) is 14.1. The molecule has 1 N–H and O–H groups in total. The Morgan fingerprint density at radius 1 is 1.21 bits per heavy atom. The molecule has 0 aliphatic rings. The third-order valence-electron chi connectivity index (χ3n) is 2.59. The van der Waals surface area contributed by atoms with Gasteiger partial charge < -0.3 is 5.32 Å². The number of nitrogens with one attached hydrogen (secondary N) is 1. The van der Waals surface area contributed by atoms with Crippen molar-refractivity contribution in [2.45, 2.75) is 16.3 Å². The molecule has 0 aromatic heterocycles. The zero-order valence-electron chi connectivity index (χ0n) is 10.5. The molecule has 0 saturated carbocycles. The maximum Gasteiger partial charge on any atom is 0.100 e. The van der Waals surface area contributed by atoms with Crippen LogP contribution >= 0.6 is 27.7 Å². The van der Waals surface area contributed by atoms with Gasteiger partial charge in [-0.05, 0) is 49.0 Å². The van der Waals surface area contributed by atoms with Gasteiger partial charge in [0.05, 0.1) is 5.56 Å². The highest BCUT2D eigenvalue weighted by molar-refractivity contribution is 9.10. The van der Waals surface area contributed by atoms with Crippen molar-refractivity contribution < 1.29 is 0 Å². The summed E-state index contributed by atoms with van der Waals surface area (Å²) in [4.78, 5) is 2.12. The largest absolute Gasteiger partial charge is 0.316 e. The molecule has 0 fully saturated rings.